The summed E-state index contributed by atoms with van der Waals surface area (Å²) in [7, 11) is 5.32. The second kappa shape index (κ2) is 16.4. The van der Waals surface area contributed by atoms with Gasteiger partial charge in [-0.15, -0.1) is 0 Å². The molecule has 0 unspecified atom stereocenters. The average Bonchev–Trinajstić information content (AvgIpc) is 3.03. The topological polar surface area (TPSA) is 102 Å². The average molecular weight is 640 g/mol. The highest BCUT2D eigenvalue weighted by atomic mass is 19.1. The van der Waals surface area contributed by atoms with Crippen LogP contribution >= 0.6 is 0 Å². The second-order valence-corrected chi connectivity index (χ2v) is 10.1. The number of benzene rings is 3. The van der Waals surface area contributed by atoms with E-state index in [1.54, 1.807) is 7.05 Å². The van der Waals surface area contributed by atoms with E-state index in [1.807, 2.05) is 32.8 Å². The van der Waals surface area contributed by atoms with Crippen LogP contribution in [0.4, 0.5) is 40.7 Å². The zero-order valence-corrected chi connectivity index (χ0v) is 26.5. The highest BCUT2D eigenvalue weighted by Gasteiger charge is 2.27. The largest absolute Gasteiger partial charge is 0.353 e. The van der Waals surface area contributed by atoms with Gasteiger partial charge in [-0.1, -0.05) is 19.9 Å². The van der Waals surface area contributed by atoms with E-state index in [-0.39, 0.29) is 52.7 Å². The highest BCUT2D eigenvalue weighted by Crippen LogP contribution is 2.37. The summed E-state index contributed by atoms with van der Waals surface area (Å²) in [5.41, 5.74) is 0.196. The Hall–Kier alpha value is -4.88. The van der Waals surface area contributed by atoms with Gasteiger partial charge in [0, 0.05) is 42.0 Å². The first-order valence-electron chi connectivity index (χ1n) is 14.5. The van der Waals surface area contributed by atoms with Gasteiger partial charge in [-0.3, -0.25) is 14.5 Å². The first-order valence-corrected chi connectivity index (χ1v) is 14.5. The van der Waals surface area contributed by atoms with Gasteiger partial charge in [0.15, 0.2) is 5.82 Å². The quantitative estimate of drug-likeness (QED) is 0.124. The predicted octanol–water partition coefficient (Wildman–Crippen LogP) is 6.27. The maximum absolute atomic E-state index is 15.4. The molecular formula is C33H37F4N7O2. The van der Waals surface area contributed by atoms with Crippen molar-refractivity contribution in [1.82, 2.24) is 20.2 Å². The molecule has 4 rings (SSSR count). The normalized spacial score (nSPS) is 10.7. The molecule has 0 spiro atoms. The number of hydrogen-bond acceptors (Lipinski definition) is 7. The van der Waals surface area contributed by atoms with Crippen LogP contribution in [-0.2, 0) is 11.3 Å². The fourth-order valence-electron chi connectivity index (χ4n) is 4.42. The third kappa shape index (κ3) is 8.43. The van der Waals surface area contributed by atoms with Gasteiger partial charge in [0.2, 0.25) is 12.4 Å². The summed E-state index contributed by atoms with van der Waals surface area (Å²) in [6.45, 7) is 6.42. The SMILES string of the molecule is CC.CNCc1c(-c2cc(C(=O)Nc3ccc(F)cc3)cc(F)c2C)nc(NCCN(C)C)nc1N(C=O)c1c(F)cccc1F. The van der Waals surface area contributed by atoms with Gasteiger partial charge in [-0.05, 0) is 82.2 Å². The smallest absolute Gasteiger partial charge is 0.255 e. The molecule has 0 aliphatic heterocycles. The molecule has 9 nitrogen and oxygen atoms in total. The van der Waals surface area contributed by atoms with E-state index in [9.17, 15) is 22.8 Å². The van der Waals surface area contributed by atoms with Gasteiger partial charge in [-0.2, -0.15) is 4.98 Å². The van der Waals surface area contributed by atoms with Crippen LogP contribution in [0, 0.1) is 30.2 Å². The van der Waals surface area contributed by atoms with E-state index in [4.69, 9.17) is 0 Å². The van der Waals surface area contributed by atoms with Crippen LogP contribution in [0.2, 0.25) is 0 Å². The molecule has 0 aliphatic carbocycles. The number of carbonyl (C=O) groups is 2. The lowest BCUT2D eigenvalue weighted by Crippen LogP contribution is -2.25. The molecule has 0 fully saturated rings. The fourth-order valence-corrected chi connectivity index (χ4v) is 4.42. The van der Waals surface area contributed by atoms with Crippen LogP contribution in [0.15, 0.2) is 54.6 Å². The number of amides is 2. The van der Waals surface area contributed by atoms with Crippen LogP contribution in [0.25, 0.3) is 11.3 Å². The molecule has 13 heteroatoms. The maximum atomic E-state index is 15.4. The maximum Gasteiger partial charge on any atom is 0.255 e. The van der Waals surface area contributed by atoms with Gasteiger partial charge in [-0.25, -0.2) is 22.5 Å². The van der Waals surface area contributed by atoms with E-state index in [0.717, 1.165) is 23.1 Å². The van der Waals surface area contributed by atoms with Crippen molar-refractivity contribution in [3.63, 3.8) is 0 Å². The van der Waals surface area contributed by atoms with E-state index < -0.39 is 34.9 Å². The molecule has 1 aromatic heterocycles. The Morgan fingerprint density at radius 3 is 2.17 bits per heavy atom. The Morgan fingerprint density at radius 1 is 0.935 bits per heavy atom. The first kappa shape index (κ1) is 35.6. The third-order valence-corrected chi connectivity index (χ3v) is 6.66. The van der Waals surface area contributed by atoms with E-state index >= 15 is 4.39 Å². The molecule has 0 saturated heterocycles. The zero-order chi connectivity index (χ0) is 34.0. The van der Waals surface area contributed by atoms with E-state index in [1.165, 1.54) is 43.3 Å². The van der Waals surface area contributed by atoms with Crippen LogP contribution in [0.5, 0.6) is 0 Å². The van der Waals surface area contributed by atoms with Crippen molar-refractivity contribution in [3.05, 3.63) is 94.6 Å². The van der Waals surface area contributed by atoms with Gasteiger partial charge < -0.3 is 20.9 Å². The minimum absolute atomic E-state index is 0.00118. The number of nitrogens with one attached hydrogen (secondary N) is 3. The Bertz CT molecular complexity index is 1650. The molecule has 0 radical (unpaired) electrons. The molecule has 0 atom stereocenters. The molecule has 4 aromatic rings. The third-order valence-electron chi connectivity index (χ3n) is 6.66. The number of hydrogen-bond donors (Lipinski definition) is 3. The number of halogens is 4. The van der Waals surface area contributed by atoms with Crippen molar-refractivity contribution in [2.45, 2.75) is 27.3 Å². The van der Waals surface area contributed by atoms with Gasteiger partial charge in [0.05, 0.1) is 5.69 Å². The van der Waals surface area contributed by atoms with E-state index in [2.05, 4.69) is 25.9 Å². The number of rotatable bonds is 12. The Labute approximate surface area is 265 Å². The lowest BCUT2D eigenvalue weighted by Gasteiger charge is -2.24. The highest BCUT2D eigenvalue weighted by molar-refractivity contribution is 6.05. The minimum atomic E-state index is -1.00. The zero-order valence-electron chi connectivity index (χ0n) is 26.5. The van der Waals surface area contributed by atoms with Crippen molar-refractivity contribution in [1.29, 1.82) is 0 Å². The van der Waals surface area contributed by atoms with Gasteiger partial charge in [0.1, 0.15) is 29.0 Å². The number of anilines is 4. The van der Waals surface area contributed by atoms with Gasteiger partial charge >= 0.3 is 0 Å². The standard InChI is InChI=1S/C31H31F4N7O2.C2H6/c1-18-22(14-19(15-26(18)35)30(44)38-21-10-8-20(32)9-11-21)27-23(16-36-2)29(40-31(39-27)37-12-13-41(3)4)42(17-43)28-24(33)6-5-7-25(28)34;1-2/h5-11,14-15,17,36H,12-13,16H2,1-4H3,(H,38,44)(H,37,39,40);1-2H3. The van der Waals surface area contributed by atoms with Crippen LogP contribution in [0.3, 0.4) is 0 Å². The van der Waals surface area contributed by atoms with E-state index in [0.29, 0.717) is 18.8 Å². The number of para-hydroxylation sites is 1. The van der Waals surface area contributed by atoms with Crippen molar-refractivity contribution in [3.8, 4) is 11.3 Å². The lowest BCUT2D eigenvalue weighted by molar-refractivity contribution is -0.106. The lowest BCUT2D eigenvalue weighted by atomic mass is 9.97. The van der Waals surface area contributed by atoms with Crippen molar-refractivity contribution >= 4 is 35.5 Å². The molecule has 1 heterocycles. The molecule has 0 bridgehead atoms. The Kier molecular flexibility index (Phi) is 12.7. The van der Waals surface area contributed by atoms with Crippen LogP contribution < -0.4 is 20.9 Å². The first-order chi connectivity index (χ1) is 22.0. The summed E-state index contributed by atoms with van der Waals surface area (Å²) < 4.78 is 58.6. The molecule has 46 heavy (non-hydrogen) atoms. The summed E-state index contributed by atoms with van der Waals surface area (Å²) in [5, 5.41) is 8.59. The summed E-state index contributed by atoms with van der Waals surface area (Å²) in [5.74, 6) is -4.05. The molecule has 0 saturated carbocycles. The summed E-state index contributed by atoms with van der Waals surface area (Å²) in [6.07, 6.45) is 0.233. The Morgan fingerprint density at radius 2 is 1.59 bits per heavy atom. The molecular weight excluding hydrogens is 602 g/mol. The fraction of sp³-hybridized carbons (Fsp3) is 0.273. The van der Waals surface area contributed by atoms with Crippen molar-refractivity contribution in [2.24, 2.45) is 0 Å². The predicted molar refractivity (Wildman–Crippen MR) is 172 cm³/mol. The summed E-state index contributed by atoms with van der Waals surface area (Å²) >= 11 is 0. The van der Waals surface area contributed by atoms with Gasteiger partial charge in [0.25, 0.3) is 5.91 Å². The molecule has 0 aliphatic rings. The van der Waals surface area contributed by atoms with Crippen LogP contribution in [-0.4, -0.2) is 61.4 Å². The monoisotopic (exact) mass is 639 g/mol. The second-order valence-electron chi connectivity index (χ2n) is 10.1. The number of likely N-dealkylation sites (N-methyl/N-ethyl adjacent to an activating group) is 1. The Balaban J connectivity index is 0.00000282. The molecule has 244 valence electrons. The summed E-state index contributed by atoms with van der Waals surface area (Å²) in [4.78, 5) is 37.3. The summed E-state index contributed by atoms with van der Waals surface area (Å²) in [6, 6.07) is 10.7. The molecule has 3 N–H and O–H groups in total. The molecule has 2 amide bonds. The number of aromatic nitrogens is 2. The van der Waals surface area contributed by atoms with Crippen LogP contribution in [0.1, 0.15) is 35.3 Å². The van der Waals surface area contributed by atoms with Crippen molar-refractivity contribution < 1.29 is 27.2 Å². The minimum Gasteiger partial charge on any atom is -0.353 e. The number of carbonyl (C=O) groups excluding carboxylic acids is 2. The van der Waals surface area contributed by atoms with Crippen molar-refractivity contribution in [2.75, 3.05) is 49.8 Å². The number of nitrogens with zero attached hydrogens (tertiary/aromatic N) is 4. The molecule has 3 aromatic carbocycles.